The molecule has 0 aliphatic heterocycles. The second-order valence-electron chi connectivity index (χ2n) is 7.58. The SMILES string of the molecule is CCN(C(=O)C(=O)Nc1cnc(N)c2cn[nH]c12)[C@@H](C)c1ccc(C(F)(F)C(F)(F)F)cc1C. The van der Waals surface area contributed by atoms with Gasteiger partial charge in [0.15, 0.2) is 0 Å². The van der Waals surface area contributed by atoms with E-state index in [4.69, 9.17) is 5.73 Å². The standard InChI is InChI=1S/C21H21F5N6O2/c1-4-32(11(3)13-6-5-12(7-10(13)2)20(22,23)21(24,25)26)19(34)18(33)30-15-9-28-17(27)14-8-29-31-16(14)15/h5-9,11H,4H2,1-3H3,(H2,27,28)(H,29,31)(H,30,33)/t11-/m0/s1. The van der Waals surface area contributed by atoms with Crippen molar-refractivity contribution in [3.8, 4) is 0 Å². The molecule has 0 bridgehead atoms. The molecule has 2 aromatic heterocycles. The Morgan fingerprint density at radius 2 is 1.88 bits per heavy atom. The van der Waals surface area contributed by atoms with Crippen molar-refractivity contribution in [1.82, 2.24) is 20.1 Å². The first-order chi connectivity index (χ1) is 15.8. The third-order valence-corrected chi connectivity index (χ3v) is 5.47. The second kappa shape index (κ2) is 8.88. The third-order valence-electron chi connectivity index (χ3n) is 5.47. The number of carbonyl (C=O) groups is 2. The minimum Gasteiger partial charge on any atom is -0.383 e. The summed E-state index contributed by atoms with van der Waals surface area (Å²) in [5, 5.41) is 9.36. The summed E-state index contributed by atoms with van der Waals surface area (Å²) in [6.07, 6.45) is -3.08. The number of nitrogens with one attached hydrogen (secondary N) is 2. The molecule has 0 spiro atoms. The molecule has 182 valence electrons. The van der Waals surface area contributed by atoms with Gasteiger partial charge in [0, 0.05) is 12.1 Å². The van der Waals surface area contributed by atoms with Gasteiger partial charge in [-0.2, -0.15) is 27.1 Å². The van der Waals surface area contributed by atoms with Crippen LogP contribution in [0.2, 0.25) is 0 Å². The van der Waals surface area contributed by atoms with E-state index in [9.17, 15) is 31.5 Å². The van der Waals surface area contributed by atoms with Gasteiger partial charge >= 0.3 is 23.9 Å². The minimum absolute atomic E-state index is 0.0623. The molecule has 3 rings (SSSR count). The first-order valence-electron chi connectivity index (χ1n) is 10.0. The normalized spacial score (nSPS) is 13.1. The number of aromatic nitrogens is 3. The highest BCUT2D eigenvalue weighted by Gasteiger charge is 2.58. The predicted molar refractivity (Wildman–Crippen MR) is 114 cm³/mol. The number of anilines is 2. The lowest BCUT2D eigenvalue weighted by Gasteiger charge is -2.29. The van der Waals surface area contributed by atoms with E-state index in [-0.39, 0.29) is 23.6 Å². The van der Waals surface area contributed by atoms with E-state index in [2.05, 4.69) is 20.5 Å². The predicted octanol–water partition coefficient (Wildman–Crippen LogP) is 4.05. The average Bonchev–Trinajstić information content (AvgIpc) is 3.26. The molecule has 34 heavy (non-hydrogen) atoms. The zero-order valence-electron chi connectivity index (χ0n) is 18.3. The van der Waals surface area contributed by atoms with E-state index in [1.165, 1.54) is 26.2 Å². The molecule has 4 N–H and O–H groups in total. The number of aromatic amines is 1. The number of pyridine rings is 1. The van der Waals surface area contributed by atoms with E-state index < -0.39 is 35.5 Å². The van der Waals surface area contributed by atoms with Crippen LogP contribution in [0.1, 0.15) is 36.6 Å². The van der Waals surface area contributed by atoms with Gasteiger partial charge in [0.05, 0.1) is 35.0 Å². The summed E-state index contributed by atoms with van der Waals surface area (Å²) < 4.78 is 65.5. The number of hydrogen-bond acceptors (Lipinski definition) is 5. The Kier molecular flexibility index (Phi) is 6.49. The van der Waals surface area contributed by atoms with Crippen molar-refractivity contribution in [2.45, 2.75) is 38.9 Å². The third kappa shape index (κ3) is 4.37. The number of amides is 2. The van der Waals surface area contributed by atoms with Gasteiger partial charge in [0.25, 0.3) is 0 Å². The van der Waals surface area contributed by atoms with Crippen LogP contribution in [0, 0.1) is 6.92 Å². The highest BCUT2D eigenvalue weighted by molar-refractivity contribution is 6.40. The van der Waals surface area contributed by atoms with E-state index in [0.717, 1.165) is 17.0 Å². The maximum atomic E-state index is 13.7. The summed E-state index contributed by atoms with van der Waals surface area (Å²) in [4.78, 5) is 30.6. The Morgan fingerprint density at radius 3 is 2.47 bits per heavy atom. The lowest BCUT2D eigenvalue weighted by Crippen LogP contribution is -2.41. The Morgan fingerprint density at radius 1 is 1.21 bits per heavy atom. The second-order valence-corrected chi connectivity index (χ2v) is 7.58. The number of H-pyrrole nitrogens is 1. The van der Waals surface area contributed by atoms with Crippen molar-refractivity contribution in [1.29, 1.82) is 0 Å². The Balaban J connectivity index is 1.84. The Hall–Kier alpha value is -3.77. The van der Waals surface area contributed by atoms with E-state index in [1.807, 2.05) is 0 Å². The quantitative estimate of drug-likeness (QED) is 0.373. The fourth-order valence-corrected chi connectivity index (χ4v) is 3.62. The van der Waals surface area contributed by atoms with Crippen molar-refractivity contribution < 1.29 is 31.5 Å². The van der Waals surface area contributed by atoms with Gasteiger partial charge in [-0.25, -0.2) is 4.98 Å². The van der Waals surface area contributed by atoms with Crippen molar-refractivity contribution in [3.63, 3.8) is 0 Å². The van der Waals surface area contributed by atoms with E-state index >= 15 is 0 Å². The van der Waals surface area contributed by atoms with Gasteiger partial charge in [-0.05, 0) is 38.0 Å². The Labute approximate surface area is 190 Å². The van der Waals surface area contributed by atoms with Crippen LogP contribution < -0.4 is 11.1 Å². The topological polar surface area (TPSA) is 117 Å². The van der Waals surface area contributed by atoms with Crippen LogP contribution in [0.3, 0.4) is 0 Å². The lowest BCUT2D eigenvalue weighted by atomic mass is 9.96. The van der Waals surface area contributed by atoms with Crippen molar-refractivity contribution >= 4 is 34.2 Å². The maximum absolute atomic E-state index is 13.7. The number of likely N-dealkylation sites (N-methyl/N-ethyl adjacent to an activating group) is 1. The lowest BCUT2D eigenvalue weighted by molar-refractivity contribution is -0.289. The summed E-state index contributed by atoms with van der Waals surface area (Å²) in [7, 11) is 0. The molecule has 2 amide bonds. The molecule has 0 aliphatic rings. The number of nitrogens with zero attached hydrogens (tertiary/aromatic N) is 3. The van der Waals surface area contributed by atoms with Crippen molar-refractivity contribution in [2.75, 3.05) is 17.6 Å². The molecule has 0 radical (unpaired) electrons. The smallest absolute Gasteiger partial charge is 0.383 e. The number of nitrogens with two attached hydrogens (primary N) is 1. The van der Waals surface area contributed by atoms with Crippen LogP contribution in [0.15, 0.2) is 30.6 Å². The number of alkyl halides is 5. The van der Waals surface area contributed by atoms with E-state index in [1.54, 1.807) is 6.92 Å². The van der Waals surface area contributed by atoms with E-state index in [0.29, 0.717) is 22.5 Å². The first kappa shape index (κ1) is 24.9. The van der Waals surface area contributed by atoms with Crippen LogP contribution in [-0.2, 0) is 15.5 Å². The molecule has 8 nitrogen and oxygen atoms in total. The van der Waals surface area contributed by atoms with Crippen LogP contribution >= 0.6 is 0 Å². The summed E-state index contributed by atoms with van der Waals surface area (Å²) in [6, 6.07) is 1.70. The van der Waals surface area contributed by atoms with Crippen LogP contribution in [0.25, 0.3) is 10.9 Å². The molecule has 0 fully saturated rings. The fraction of sp³-hybridized carbons (Fsp3) is 0.333. The molecule has 1 aromatic carbocycles. The minimum atomic E-state index is -5.74. The molecule has 0 unspecified atom stereocenters. The van der Waals surface area contributed by atoms with Crippen molar-refractivity contribution in [2.24, 2.45) is 0 Å². The monoisotopic (exact) mass is 484 g/mol. The number of halogens is 5. The molecule has 1 atom stereocenters. The van der Waals surface area contributed by atoms with Crippen LogP contribution in [-0.4, -0.2) is 44.6 Å². The number of aryl methyl sites for hydroxylation is 1. The molecule has 0 saturated heterocycles. The number of nitrogen functional groups attached to an aromatic ring is 1. The zero-order valence-corrected chi connectivity index (χ0v) is 18.3. The molecular formula is C21H21F5N6O2. The number of fused-ring (bicyclic) bond motifs is 1. The molecule has 0 saturated carbocycles. The molecular weight excluding hydrogens is 463 g/mol. The summed E-state index contributed by atoms with van der Waals surface area (Å²) in [6.45, 7) is 4.56. The fourth-order valence-electron chi connectivity index (χ4n) is 3.62. The van der Waals surface area contributed by atoms with Crippen LogP contribution in [0.4, 0.5) is 33.5 Å². The number of rotatable bonds is 5. The Bertz CT molecular complexity index is 1240. The highest BCUT2D eigenvalue weighted by Crippen LogP contribution is 2.44. The van der Waals surface area contributed by atoms with Gasteiger partial charge < -0.3 is 16.0 Å². The summed E-state index contributed by atoms with van der Waals surface area (Å²) >= 11 is 0. The van der Waals surface area contributed by atoms with Gasteiger partial charge in [0.2, 0.25) is 0 Å². The number of hydrogen-bond donors (Lipinski definition) is 3. The van der Waals surface area contributed by atoms with Gasteiger partial charge in [-0.3, -0.25) is 14.7 Å². The number of carbonyl (C=O) groups excluding carboxylic acids is 2. The largest absolute Gasteiger partial charge is 0.458 e. The van der Waals surface area contributed by atoms with Gasteiger partial charge in [-0.15, -0.1) is 0 Å². The molecule has 0 aliphatic carbocycles. The zero-order chi connectivity index (χ0) is 25.4. The maximum Gasteiger partial charge on any atom is 0.458 e. The average molecular weight is 484 g/mol. The van der Waals surface area contributed by atoms with Gasteiger partial charge in [0.1, 0.15) is 5.82 Å². The van der Waals surface area contributed by atoms with Gasteiger partial charge in [-0.1, -0.05) is 12.1 Å². The summed E-state index contributed by atoms with van der Waals surface area (Å²) in [5.41, 5.74) is 5.49. The summed E-state index contributed by atoms with van der Waals surface area (Å²) in [5.74, 6) is -6.80. The van der Waals surface area contributed by atoms with Crippen molar-refractivity contribution in [3.05, 3.63) is 47.3 Å². The first-order valence-corrected chi connectivity index (χ1v) is 10.0. The number of benzene rings is 1. The molecule has 2 heterocycles. The highest BCUT2D eigenvalue weighted by atomic mass is 19.4. The molecule has 3 aromatic rings. The molecule has 13 heteroatoms. The van der Waals surface area contributed by atoms with Crippen LogP contribution in [0.5, 0.6) is 0 Å².